The van der Waals surface area contributed by atoms with E-state index in [0.29, 0.717) is 12.5 Å². The molecule has 2 unspecified atom stereocenters. The summed E-state index contributed by atoms with van der Waals surface area (Å²) in [4.78, 5) is 14.1. The first-order valence-electron chi connectivity index (χ1n) is 7.29. The van der Waals surface area contributed by atoms with Crippen LogP contribution in [0.4, 0.5) is 0 Å². The molecule has 0 aliphatic heterocycles. The second-order valence-corrected chi connectivity index (χ2v) is 6.01. The summed E-state index contributed by atoms with van der Waals surface area (Å²) >= 11 is 0. The lowest BCUT2D eigenvalue weighted by atomic mass is 9.86. The molecule has 1 aromatic carbocycles. The second kappa shape index (κ2) is 5.94. The maximum atomic E-state index is 11.8. The third kappa shape index (κ3) is 3.19. The summed E-state index contributed by atoms with van der Waals surface area (Å²) in [6, 6.07) is 9.96. The highest BCUT2D eigenvalue weighted by Crippen LogP contribution is 2.35. The van der Waals surface area contributed by atoms with Crippen LogP contribution in [-0.4, -0.2) is 30.4 Å². The molecule has 1 fully saturated rings. The molecule has 0 aromatic heterocycles. The van der Waals surface area contributed by atoms with E-state index in [0.717, 1.165) is 18.0 Å². The van der Waals surface area contributed by atoms with Gasteiger partial charge in [-0.2, -0.15) is 0 Å². The molecule has 20 heavy (non-hydrogen) atoms. The molecule has 1 saturated carbocycles. The molecule has 0 radical (unpaired) electrons. The van der Waals surface area contributed by atoms with Crippen molar-refractivity contribution in [3.8, 4) is 0 Å². The molecule has 4 nitrogen and oxygen atoms in total. The third-order valence-corrected chi connectivity index (χ3v) is 4.59. The van der Waals surface area contributed by atoms with E-state index in [1.54, 1.807) is 0 Å². The quantitative estimate of drug-likeness (QED) is 0.791. The van der Waals surface area contributed by atoms with Crippen LogP contribution in [0.5, 0.6) is 0 Å². The number of rotatable bonds is 7. The summed E-state index contributed by atoms with van der Waals surface area (Å²) in [6.45, 7) is 3.01. The highest BCUT2D eigenvalue weighted by atomic mass is 16.1. The summed E-state index contributed by atoms with van der Waals surface area (Å²) < 4.78 is 0. The van der Waals surface area contributed by atoms with E-state index in [2.05, 4.69) is 18.9 Å². The summed E-state index contributed by atoms with van der Waals surface area (Å²) in [5.74, 6) is 0.341. The highest BCUT2D eigenvalue weighted by molar-refractivity contribution is 5.85. The number of benzene rings is 1. The zero-order chi connectivity index (χ0) is 14.8. The predicted octanol–water partition coefficient (Wildman–Crippen LogP) is 1.45. The molecule has 0 bridgehead atoms. The van der Waals surface area contributed by atoms with E-state index in [-0.39, 0.29) is 0 Å². The molecule has 4 N–H and O–H groups in total. The SMILES string of the molecule is CC(C1CC1)N(C)CCC(N)(C(N)=O)c1ccccc1. The summed E-state index contributed by atoms with van der Waals surface area (Å²) in [7, 11) is 2.09. The maximum absolute atomic E-state index is 11.8. The van der Waals surface area contributed by atoms with Crippen LogP contribution >= 0.6 is 0 Å². The minimum atomic E-state index is -1.08. The van der Waals surface area contributed by atoms with Crippen LogP contribution in [0.1, 0.15) is 31.7 Å². The van der Waals surface area contributed by atoms with Gasteiger partial charge >= 0.3 is 0 Å². The van der Waals surface area contributed by atoms with Crippen LogP contribution in [0.25, 0.3) is 0 Å². The first-order chi connectivity index (χ1) is 9.45. The Bertz CT molecular complexity index is 458. The lowest BCUT2D eigenvalue weighted by Gasteiger charge is -2.31. The average molecular weight is 275 g/mol. The zero-order valence-electron chi connectivity index (χ0n) is 12.4. The average Bonchev–Trinajstić information content (AvgIpc) is 3.28. The fraction of sp³-hybridized carbons (Fsp3) is 0.562. The minimum Gasteiger partial charge on any atom is -0.368 e. The number of hydrogen-bond donors (Lipinski definition) is 2. The van der Waals surface area contributed by atoms with E-state index in [1.807, 2.05) is 30.3 Å². The predicted molar refractivity (Wildman–Crippen MR) is 80.9 cm³/mol. The highest BCUT2D eigenvalue weighted by Gasteiger charge is 2.36. The Balaban J connectivity index is 2.04. The molecule has 1 amide bonds. The molecular weight excluding hydrogens is 250 g/mol. The molecule has 2 rings (SSSR count). The number of nitrogens with zero attached hydrogens (tertiary/aromatic N) is 1. The fourth-order valence-electron chi connectivity index (χ4n) is 2.64. The normalized spacial score (nSPS) is 19.6. The monoisotopic (exact) mass is 275 g/mol. The van der Waals surface area contributed by atoms with Crippen LogP contribution in [0, 0.1) is 5.92 Å². The first-order valence-corrected chi connectivity index (χ1v) is 7.29. The fourth-order valence-corrected chi connectivity index (χ4v) is 2.64. The van der Waals surface area contributed by atoms with Crippen molar-refractivity contribution in [2.45, 2.75) is 37.8 Å². The van der Waals surface area contributed by atoms with Gasteiger partial charge in [0, 0.05) is 12.6 Å². The number of primary amides is 1. The van der Waals surface area contributed by atoms with Gasteiger partial charge in [0.25, 0.3) is 0 Å². The molecule has 0 spiro atoms. The van der Waals surface area contributed by atoms with E-state index >= 15 is 0 Å². The third-order valence-electron chi connectivity index (χ3n) is 4.59. The van der Waals surface area contributed by atoms with Gasteiger partial charge in [0.1, 0.15) is 5.54 Å². The van der Waals surface area contributed by atoms with Crippen molar-refractivity contribution >= 4 is 5.91 Å². The van der Waals surface area contributed by atoms with Gasteiger partial charge < -0.3 is 16.4 Å². The van der Waals surface area contributed by atoms with Gasteiger partial charge in [0.05, 0.1) is 0 Å². The first kappa shape index (κ1) is 15.0. The summed E-state index contributed by atoms with van der Waals surface area (Å²) in [5, 5.41) is 0. The molecule has 0 heterocycles. The number of nitrogens with two attached hydrogens (primary N) is 2. The van der Waals surface area contributed by atoms with Crippen LogP contribution in [-0.2, 0) is 10.3 Å². The lowest BCUT2D eigenvalue weighted by molar-refractivity contribution is -0.123. The zero-order valence-corrected chi connectivity index (χ0v) is 12.4. The van der Waals surface area contributed by atoms with Gasteiger partial charge in [-0.05, 0) is 44.7 Å². The van der Waals surface area contributed by atoms with Crippen molar-refractivity contribution in [2.24, 2.45) is 17.4 Å². The lowest BCUT2D eigenvalue weighted by Crippen LogP contribution is -2.51. The Hall–Kier alpha value is -1.39. The number of carbonyl (C=O) groups is 1. The van der Waals surface area contributed by atoms with E-state index in [9.17, 15) is 4.79 Å². The Morgan fingerprint density at radius 3 is 2.50 bits per heavy atom. The molecule has 1 aromatic rings. The minimum absolute atomic E-state index is 0.462. The molecule has 2 atom stereocenters. The van der Waals surface area contributed by atoms with Gasteiger partial charge in [-0.25, -0.2) is 0 Å². The summed E-state index contributed by atoms with van der Waals surface area (Å²) in [6.07, 6.45) is 3.17. The van der Waals surface area contributed by atoms with Gasteiger partial charge in [0.15, 0.2) is 0 Å². The smallest absolute Gasteiger partial charge is 0.242 e. The van der Waals surface area contributed by atoms with Gasteiger partial charge in [0.2, 0.25) is 5.91 Å². The van der Waals surface area contributed by atoms with Crippen LogP contribution in [0.3, 0.4) is 0 Å². The summed E-state index contributed by atoms with van der Waals surface area (Å²) in [5.41, 5.74) is 11.6. The van der Waals surface area contributed by atoms with Crippen molar-refractivity contribution in [1.29, 1.82) is 0 Å². The topological polar surface area (TPSA) is 72.3 Å². The standard InChI is InChI=1S/C16H25N3O/c1-12(13-8-9-13)19(2)11-10-16(18,15(17)20)14-6-4-3-5-7-14/h3-7,12-13H,8-11,18H2,1-2H3,(H2,17,20). The van der Waals surface area contributed by atoms with Crippen molar-refractivity contribution in [2.75, 3.05) is 13.6 Å². The van der Waals surface area contributed by atoms with Crippen molar-refractivity contribution in [1.82, 2.24) is 4.90 Å². The van der Waals surface area contributed by atoms with Crippen molar-refractivity contribution < 1.29 is 4.79 Å². The van der Waals surface area contributed by atoms with Gasteiger partial charge in [-0.15, -0.1) is 0 Å². The van der Waals surface area contributed by atoms with E-state index < -0.39 is 11.4 Å². The largest absolute Gasteiger partial charge is 0.368 e. The molecule has 4 heteroatoms. The van der Waals surface area contributed by atoms with Gasteiger partial charge in [-0.1, -0.05) is 30.3 Å². The van der Waals surface area contributed by atoms with Crippen LogP contribution in [0.15, 0.2) is 30.3 Å². The maximum Gasteiger partial charge on any atom is 0.242 e. The van der Waals surface area contributed by atoms with E-state index in [1.165, 1.54) is 12.8 Å². The second-order valence-electron chi connectivity index (χ2n) is 6.01. The van der Waals surface area contributed by atoms with E-state index in [4.69, 9.17) is 11.5 Å². The Morgan fingerprint density at radius 2 is 2.00 bits per heavy atom. The Morgan fingerprint density at radius 1 is 1.40 bits per heavy atom. The Labute approximate surface area is 121 Å². The van der Waals surface area contributed by atoms with Gasteiger partial charge in [-0.3, -0.25) is 4.79 Å². The molecular formula is C16H25N3O. The number of amides is 1. The number of carbonyl (C=O) groups excluding carboxylic acids is 1. The molecule has 110 valence electrons. The van der Waals surface area contributed by atoms with Crippen molar-refractivity contribution in [3.63, 3.8) is 0 Å². The van der Waals surface area contributed by atoms with Crippen LogP contribution < -0.4 is 11.5 Å². The Kier molecular flexibility index (Phi) is 4.45. The molecule has 1 aliphatic rings. The molecule has 1 aliphatic carbocycles. The number of hydrogen-bond acceptors (Lipinski definition) is 3. The molecule has 0 saturated heterocycles. The van der Waals surface area contributed by atoms with Crippen LogP contribution in [0.2, 0.25) is 0 Å². The van der Waals surface area contributed by atoms with Crippen molar-refractivity contribution in [3.05, 3.63) is 35.9 Å².